The third kappa shape index (κ3) is 2.29. The molecule has 0 radical (unpaired) electrons. The highest BCUT2D eigenvalue weighted by Gasteiger charge is 2.50. The van der Waals surface area contributed by atoms with Crippen LogP contribution >= 0.6 is 0 Å². The van der Waals surface area contributed by atoms with E-state index in [9.17, 15) is 0 Å². The summed E-state index contributed by atoms with van der Waals surface area (Å²) in [5, 5.41) is 0. The van der Waals surface area contributed by atoms with E-state index >= 15 is 0 Å². The second-order valence-electron chi connectivity index (χ2n) is 6.54. The van der Waals surface area contributed by atoms with Gasteiger partial charge >= 0.3 is 0 Å². The fourth-order valence-electron chi connectivity index (χ4n) is 4.25. The van der Waals surface area contributed by atoms with Gasteiger partial charge in [0.2, 0.25) is 0 Å². The van der Waals surface area contributed by atoms with Gasteiger partial charge < -0.3 is 0 Å². The molecule has 1 aliphatic carbocycles. The first kappa shape index (κ1) is 13.8. The minimum Gasteiger partial charge on any atom is -0.249 e. The Morgan fingerprint density at radius 2 is 2.17 bits per heavy atom. The van der Waals surface area contributed by atoms with Crippen LogP contribution in [0.15, 0.2) is 11.6 Å². The van der Waals surface area contributed by atoms with Crippen LogP contribution in [0.4, 0.5) is 0 Å². The molecule has 1 nitrogen and oxygen atoms in total. The summed E-state index contributed by atoms with van der Waals surface area (Å²) in [4.78, 5) is 3.78. The lowest BCUT2D eigenvalue weighted by Crippen LogP contribution is -2.80. The van der Waals surface area contributed by atoms with Crippen LogP contribution in [0.25, 0.3) is 0 Å². The zero-order valence-corrected chi connectivity index (χ0v) is 12.7. The number of rotatable bonds is 3. The van der Waals surface area contributed by atoms with Gasteiger partial charge in [-0.15, -0.1) is 0 Å². The van der Waals surface area contributed by atoms with Crippen LogP contribution in [-0.2, 0) is 0 Å². The normalized spacial score (nSPS) is 36.4. The molecule has 2 rings (SSSR count). The van der Waals surface area contributed by atoms with Crippen molar-refractivity contribution in [2.24, 2.45) is 17.3 Å². The molecule has 0 saturated heterocycles. The zero-order valence-electron chi connectivity index (χ0n) is 12.7. The highest BCUT2D eigenvalue weighted by molar-refractivity contribution is 5.86. The van der Waals surface area contributed by atoms with Gasteiger partial charge in [0.05, 0.1) is 5.41 Å². The van der Waals surface area contributed by atoms with E-state index < -0.39 is 0 Å². The molecule has 1 N–H and O–H groups in total. The van der Waals surface area contributed by atoms with Crippen molar-refractivity contribution in [1.29, 1.82) is 0 Å². The molecule has 0 bridgehead atoms. The van der Waals surface area contributed by atoms with Crippen LogP contribution in [0.5, 0.6) is 0 Å². The third-order valence-corrected chi connectivity index (χ3v) is 5.42. The molecule has 1 aliphatic heterocycles. The van der Waals surface area contributed by atoms with E-state index in [2.05, 4.69) is 38.8 Å². The summed E-state index contributed by atoms with van der Waals surface area (Å²) < 4.78 is 0. The molecule has 0 aromatic rings. The van der Waals surface area contributed by atoms with E-state index in [1.165, 1.54) is 45.1 Å². The Kier molecular flexibility index (Phi) is 4.29. The van der Waals surface area contributed by atoms with Crippen molar-refractivity contribution in [3.8, 4) is 0 Å². The fraction of sp³-hybridized carbons (Fsp3) is 0.824. The summed E-state index contributed by atoms with van der Waals surface area (Å²) in [6, 6.07) is 0. The molecule has 1 heterocycles. The maximum Gasteiger partial charge on any atom is 0.157 e. The summed E-state index contributed by atoms with van der Waals surface area (Å²) in [6.45, 7) is 10.7. The SMILES string of the molecule is CCCCC1=[NH+]CC[C@@H](C)[C@@]12CCC(C)=C[C@H]2C. The minimum atomic E-state index is 0.451. The number of nitrogens with one attached hydrogen (secondary N) is 1. The Balaban J connectivity index is 2.30. The van der Waals surface area contributed by atoms with E-state index in [1.807, 2.05) is 0 Å². The molecule has 1 spiro atoms. The molecule has 3 atom stereocenters. The number of hydrogen-bond acceptors (Lipinski definition) is 0. The Morgan fingerprint density at radius 3 is 2.83 bits per heavy atom. The monoisotopic (exact) mass is 248 g/mol. The smallest absolute Gasteiger partial charge is 0.157 e. The third-order valence-electron chi connectivity index (χ3n) is 5.42. The summed E-state index contributed by atoms with van der Waals surface area (Å²) >= 11 is 0. The van der Waals surface area contributed by atoms with Crippen molar-refractivity contribution in [2.45, 2.75) is 66.2 Å². The molecule has 0 amide bonds. The van der Waals surface area contributed by atoms with Crippen molar-refractivity contribution >= 4 is 5.71 Å². The fourth-order valence-corrected chi connectivity index (χ4v) is 4.25. The minimum absolute atomic E-state index is 0.451. The van der Waals surface area contributed by atoms with Gasteiger partial charge in [0.1, 0.15) is 6.54 Å². The molecule has 1 heteroatoms. The number of hydrogen-bond donors (Lipinski definition) is 1. The van der Waals surface area contributed by atoms with Crippen LogP contribution < -0.4 is 4.99 Å². The van der Waals surface area contributed by atoms with Crippen molar-refractivity contribution in [1.82, 2.24) is 0 Å². The zero-order chi connectivity index (χ0) is 13.2. The molecular formula is C17H30N+. The van der Waals surface area contributed by atoms with Crippen LogP contribution in [-0.4, -0.2) is 12.3 Å². The van der Waals surface area contributed by atoms with Crippen molar-refractivity contribution < 1.29 is 4.99 Å². The van der Waals surface area contributed by atoms with E-state index in [4.69, 9.17) is 0 Å². The van der Waals surface area contributed by atoms with Gasteiger partial charge in [0.25, 0.3) is 0 Å². The Morgan fingerprint density at radius 1 is 1.39 bits per heavy atom. The van der Waals surface area contributed by atoms with Gasteiger partial charge in [-0.2, -0.15) is 0 Å². The summed E-state index contributed by atoms with van der Waals surface area (Å²) in [5.41, 5.74) is 3.73. The predicted molar refractivity (Wildman–Crippen MR) is 78.7 cm³/mol. The summed E-state index contributed by atoms with van der Waals surface area (Å²) in [7, 11) is 0. The topological polar surface area (TPSA) is 14.0 Å². The Labute approximate surface area is 113 Å². The van der Waals surface area contributed by atoms with Crippen molar-refractivity contribution in [2.75, 3.05) is 6.54 Å². The molecule has 0 aromatic carbocycles. The number of allylic oxidation sites excluding steroid dienone is 2. The lowest BCUT2D eigenvalue weighted by atomic mass is 9.57. The van der Waals surface area contributed by atoms with E-state index in [0.717, 1.165) is 5.92 Å². The highest BCUT2D eigenvalue weighted by atomic mass is 14.8. The van der Waals surface area contributed by atoms with Crippen LogP contribution in [0.3, 0.4) is 0 Å². The van der Waals surface area contributed by atoms with Gasteiger partial charge in [0, 0.05) is 12.8 Å². The Hall–Kier alpha value is -0.590. The second-order valence-corrected chi connectivity index (χ2v) is 6.54. The van der Waals surface area contributed by atoms with E-state index in [0.29, 0.717) is 11.3 Å². The second kappa shape index (κ2) is 5.59. The van der Waals surface area contributed by atoms with Crippen LogP contribution in [0.1, 0.15) is 66.2 Å². The van der Waals surface area contributed by atoms with Gasteiger partial charge in [-0.1, -0.05) is 38.8 Å². The molecule has 0 saturated carbocycles. The maximum atomic E-state index is 3.78. The van der Waals surface area contributed by atoms with E-state index in [-0.39, 0.29) is 0 Å². The molecule has 18 heavy (non-hydrogen) atoms. The summed E-state index contributed by atoms with van der Waals surface area (Å²) in [5.74, 6) is 1.55. The first-order chi connectivity index (χ1) is 8.61. The van der Waals surface area contributed by atoms with E-state index in [1.54, 1.807) is 11.3 Å². The average molecular weight is 248 g/mol. The summed E-state index contributed by atoms with van der Waals surface area (Å²) in [6.07, 6.45) is 10.5. The van der Waals surface area contributed by atoms with Crippen molar-refractivity contribution in [3.63, 3.8) is 0 Å². The van der Waals surface area contributed by atoms with Gasteiger partial charge in [0.15, 0.2) is 5.71 Å². The van der Waals surface area contributed by atoms with Gasteiger partial charge in [-0.3, -0.25) is 0 Å². The molecule has 0 fully saturated rings. The number of unbranched alkanes of at least 4 members (excludes halogenated alkanes) is 1. The van der Waals surface area contributed by atoms with Crippen molar-refractivity contribution in [3.05, 3.63) is 11.6 Å². The lowest BCUT2D eigenvalue weighted by molar-refractivity contribution is -0.475. The molecule has 102 valence electrons. The molecule has 0 aromatic heterocycles. The van der Waals surface area contributed by atoms with Crippen LogP contribution in [0, 0.1) is 17.3 Å². The average Bonchev–Trinajstić information content (AvgIpc) is 2.34. The molecular weight excluding hydrogens is 218 g/mol. The Bertz CT molecular complexity index is 353. The molecule has 0 unspecified atom stereocenters. The molecule has 2 aliphatic rings. The van der Waals surface area contributed by atoms with Crippen LogP contribution in [0.2, 0.25) is 0 Å². The van der Waals surface area contributed by atoms with Gasteiger partial charge in [-0.25, -0.2) is 4.99 Å². The standard InChI is InChI=1S/C17H29N/c1-5-6-7-16-17(14(3)9-11-18-16)10-8-13(2)12-15(17)4/h12,14-15H,5-11H2,1-4H3/p+1/t14-,15-,17-/m1/s1. The maximum absolute atomic E-state index is 3.78. The first-order valence-corrected chi connectivity index (χ1v) is 7.88. The first-order valence-electron chi connectivity index (χ1n) is 7.88. The predicted octanol–water partition coefficient (Wildman–Crippen LogP) is 3.10. The highest BCUT2D eigenvalue weighted by Crippen LogP contribution is 2.48. The largest absolute Gasteiger partial charge is 0.249 e. The lowest BCUT2D eigenvalue weighted by Gasteiger charge is -2.45. The van der Waals surface area contributed by atoms with Gasteiger partial charge in [-0.05, 0) is 38.0 Å². The quantitative estimate of drug-likeness (QED) is 0.738.